The molecule has 1 unspecified atom stereocenters. The molecule has 0 aliphatic carbocycles. The highest BCUT2D eigenvalue weighted by atomic mass is 16.6. The average molecular weight is 401 g/mol. The number of aliphatic carboxylic acids is 1. The molecule has 156 valence electrons. The van der Waals surface area contributed by atoms with Crippen molar-refractivity contribution in [3.8, 4) is 0 Å². The van der Waals surface area contributed by atoms with E-state index in [2.05, 4.69) is 15.6 Å². The lowest BCUT2D eigenvalue weighted by atomic mass is 9.83. The Hall–Kier alpha value is -3.16. The SMILES string of the molecule is CC(C)(C)OC(=O)NC(C)(Cc1c[nH]c2ccccc12)[C@@]1(C)NC(C(=O)O)=CO1. The summed E-state index contributed by atoms with van der Waals surface area (Å²) in [6.45, 7) is 8.83. The maximum Gasteiger partial charge on any atom is 0.408 e. The first-order valence-corrected chi connectivity index (χ1v) is 9.38. The number of amides is 1. The number of aromatic nitrogens is 1. The molecule has 1 aromatic heterocycles. The molecule has 2 aromatic rings. The fourth-order valence-corrected chi connectivity index (χ4v) is 3.38. The van der Waals surface area contributed by atoms with Gasteiger partial charge in [0.15, 0.2) is 5.70 Å². The Balaban J connectivity index is 1.95. The molecule has 8 heteroatoms. The van der Waals surface area contributed by atoms with Gasteiger partial charge in [-0.1, -0.05) is 18.2 Å². The maximum atomic E-state index is 12.6. The molecule has 1 amide bonds. The molecule has 0 fully saturated rings. The van der Waals surface area contributed by atoms with E-state index in [4.69, 9.17) is 9.47 Å². The van der Waals surface area contributed by atoms with Gasteiger partial charge in [0, 0.05) is 23.5 Å². The van der Waals surface area contributed by atoms with Crippen LogP contribution in [-0.4, -0.2) is 39.0 Å². The normalized spacial score (nSPS) is 20.9. The minimum Gasteiger partial charge on any atom is -0.476 e. The van der Waals surface area contributed by atoms with Gasteiger partial charge in [-0.25, -0.2) is 9.59 Å². The third-order valence-electron chi connectivity index (χ3n) is 5.06. The Kier molecular flexibility index (Phi) is 4.98. The van der Waals surface area contributed by atoms with Crippen molar-refractivity contribution < 1.29 is 24.2 Å². The van der Waals surface area contributed by atoms with Gasteiger partial charge in [0.2, 0.25) is 5.72 Å². The highest BCUT2D eigenvalue weighted by Gasteiger charge is 2.52. The van der Waals surface area contributed by atoms with Crippen LogP contribution in [0.4, 0.5) is 4.79 Å². The molecule has 4 N–H and O–H groups in total. The van der Waals surface area contributed by atoms with Crippen molar-refractivity contribution in [2.24, 2.45) is 0 Å². The fourth-order valence-electron chi connectivity index (χ4n) is 3.38. The van der Waals surface area contributed by atoms with Gasteiger partial charge < -0.3 is 30.2 Å². The molecule has 8 nitrogen and oxygen atoms in total. The summed E-state index contributed by atoms with van der Waals surface area (Å²) in [5.41, 5.74) is -1.10. The van der Waals surface area contributed by atoms with Crippen LogP contribution in [0.5, 0.6) is 0 Å². The lowest BCUT2D eigenvalue weighted by Gasteiger charge is -2.44. The number of benzene rings is 1. The molecule has 1 aliphatic heterocycles. The van der Waals surface area contributed by atoms with E-state index in [1.54, 1.807) is 34.6 Å². The van der Waals surface area contributed by atoms with Crippen molar-refractivity contribution >= 4 is 23.0 Å². The first-order chi connectivity index (χ1) is 13.4. The number of H-pyrrole nitrogens is 1. The zero-order valence-electron chi connectivity index (χ0n) is 17.3. The van der Waals surface area contributed by atoms with Crippen LogP contribution >= 0.6 is 0 Å². The van der Waals surface area contributed by atoms with Crippen molar-refractivity contribution in [3.63, 3.8) is 0 Å². The van der Waals surface area contributed by atoms with Crippen LogP contribution in [0.15, 0.2) is 42.4 Å². The quantitative estimate of drug-likeness (QED) is 0.612. The summed E-state index contributed by atoms with van der Waals surface area (Å²) < 4.78 is 11.2. The van der Waals surface area contributed by atoms with E-state index in [1.165, 1.54) is 0 Å². The predicted molar refractivity (Wildman–Crippen MR) is 108 cm³/mol. The zero-order chi connectivity index (χ0) is 21.4. The Labute approximate surface area is 169 Å². The molecule has 0 saturated carbocycles. The van der Waals surface area contributed by atoms with Gasteiger partial charge in [0.25, 0.3) is 0 Å². The number of carboxylic acids is 1. The number of carbonyl (C=O) groups is 2. The van der Waals surface area contributed by atoms with Gasteiger partial charge in [-0.15, -0.1) is 0 Å². The lowest BCUT2D eigenvalue weighted by Crippen LogP contribution is -2.68. The smallest absolute Gasteiger partial charge is 0.408 e. The molecule has 1 aromatic carbocycles. The molecule has 1 aliphatic rings. The molecule has 29 heavy (non-hydrogen) atoms. The Morgan fingerprint density at radius 1 is 1.24 bits per heavy atom. The minimum absolute atomic E-state index is 0.0800. The molecule has 0 bridgehead atoms. The van der Waals surface area contributed by atoms with E-state index in [0.29, 0.717) is 6.42 Å². The van der Waals surface area contributed by atoms with Crippen molar-refractivity contribution in [2.45, 2.75) is 57.9 Å². The predicted octanol–water partition coefficient (Wildman–Crippen LogP) is 3.26. The Morgan fingerprint density at radius 2 is 1.93 bits per heavy atom. The highest BCUT2D eigenvalue weighted by molar-refractivity contribution is 5.86. The number of para-hydroxylation sites is 1. The molecule has 2 atom stereocenters. The van der Waals surface area contributed by atoms with E-state index in [1.807, 2.05) is 30.5 Å². The fraction of sp³-hybridized carbons (Fsp3) is 0.429. The molecule has 3 rings (SSSR count). The molecular formula is C21H27N3O5. The second-order valence-corrected chi connectivity index (χ2v) is 8.61. The molecule has 0 radical (unpaired) electrons. The van der Waals surface area contributed by atoms with Crippen LogP contribution in [0.3, 0.4) is 0 Å². The van der Waals surface area contributed by atoms with Crippen molar-refractivity contribution in [3.05, 3.63) is 48.0 Å². The highest BCUT2D eigenvalue weighted by Crippen LogP contribution is 2.34. The lowest BCUT2D eigenvalue weighted by molar-refractivity contribution is -0.133. The van der Waals surface area contributed by atoms with Crippen LogP contribution < -0.4 is 10.6 Å². The summed E-state index contributed by atoms with van der Waals surface area (Å²) in [6, 6.07) is 7.83. The van der Waals surface area contributed by atoms with E-state index >= 15 is 0 Å². The monoisotopic (exact) mass is 401 g/mol. The van der Waals surface area contributed by atoms with Gasteiger partial charge in [-0.05, 0) is 46.2 Å². The average Bonchev–Trinajstić information content (AvgIpc) is 3.18. The van der Waals surface area contributed by atoms with Crippen molar-refractivity contribution in [1.29, 1.82) is 0 Å². The van der Waals surface area contributed by atoms with Crippen LogP contribution in [-0.2, 0) is 20.7 Å². The second kappa shape index (κ2) is 7.02. The molecule has 0 saturated heterocycles. The van der Waals surface area contributed by atoms with Crippen LogP contribution in [0, 0.1) is 0 Å². The van der Waals surface area contributed by atoms with Gasteiger partial charge in [0.05, 0.1) is 0 Å². The number of hydrogen-bond donors (Lipinski definition) is 4. The molecular weight excluding hydrogens is 374 g/mol. The topological polar surface area (TPSA) is 113 Å². The molecule has 0 spiro atoms. The number of carboxylic acid groups (broad SMARTS) is 1. The summed E-state index contributed by atoms with van der Waals surface area (Å²) in [4.78, 5) is 27.2. The van der Waals surface area contributed by atoms with Gasteiger partial charge in [0.1, 0.15) is 17.4 Å². The van der Waals surface area contributed by atoms with Gasteiger partial charge in [-0.3, -0.25) is 0 Å². The number of carbonyl (C=O) groups excluding carboxylic acids is 1. The number of fused-ring (bicyclic) bond motifs is 1. The molecule has 2 heterocycles. The summed E-state index contributed by atoms with van der Waals surface area (Å²) in [5.74, 6) is -1.14. The van der Waals surface area contributed by atoms with Crippen LogP contribution in [0.2, 0.25) is 0 Å². The third-order valence-corrected chi connectivity index (χ3v) is 5.06. The summed E-state index contributed by atoms with van der Waals surface area (Å²) >= 11 is 0. The van der Waals surface area contributed by atoms with Gasteiger partial charge in [-0.2, -0.15) is 0 Å². The first-order valence-electron chi connectivity index (χ1n) is 9.38. The second-order valence-electron chi connectivity index (χ2n) is 8.61. The maximum absolute atomic E-state index is 12.6. The van der Waals surface area contributed by atoms with Crippen LogP contribution in [0.1, 0.15) is 40.2 Å². The number of ether oxygens (including phenoxy) is 2. The minimum atomic E-state index is -1.21. The third kappa shape index (κ3) is 4.16. The van der Waals surface area contributed by atoms with Crippen molar-refractivity contribution in [1.82, 2.24) is 15.6 Å². The number of alkyl carbamates (subject to hydrolysis) is 1. The zero-order valence-corrected chi connectivity index (χ0v) is 17.3. The first kappa shape index (κ1) is 20.6. The summed E-state index contributed by atoms with van der Waals surface area (Å²) in [6.07, 6.45) is 2.78. The number of aromatic amines is 1. The Bertz CT molecular complexity index is 974. The number of hydrogen-bond acceptors (Lipinski definition) is 5. The largest absolute Gasteiger partial charge is 0.476 e. The van der Waals surface area contributed by atoms with E-state index < -0.39 is 28.9 Å². The van der Waals surface area contributed by atoms with E-state index in [0.717, 1.165) is 22.7 Å². The van der Waals surface area contributed by atoms with E-state index in [9.17, 15) is 14.7 Å². The van der Waals surface area contributed by atoms with Crippen LogP contribution in [0.25, 0.3) is 10.9 Å². The Morgan fingerprint density at radius 3 is 2.55 bits per heavy atom. The number of rotatable bonds is 5. The van der Waals surface area contributed by atoms with E-state index in [-0.39, 0.29) is 5.70 Å². The number of nitrogens with one attached hydrogen (secondary N) is 3. The summed E-state index contributed by atoms with van der Waals surface area (Å²) in [5, 5.41) is 16.1. The van der Waals surface area contributed by atoms with Crippen molar-refractivity contribution in [2.75, 3.05) is 0 Å². The standard InChI is InChI=1S/C21H27N3O5/c1-19(2,3)29-18(27)24-20(4,21(5)23-16(12-28-21)17(25)26)10-13-11-22-15-9-7-6-8-14(13)15/h6-9,11-12,22-23H,10H2,1-5H3,(H,24,27)(H,25,26)/t20?,21-/m0/s1. The summed E-state index contributed by atoms with van der Waals surface area (Å²) in [7, 11) is 0. The van der Waals surface area contributed by atoms with Gasteiger partial charge >= 0.3 is 12.1 Å².